The van der Waals surface area contributed by atoms with Crippen LogP contribution in [0.1, 0.15) is 15.9 Å². The Balaban J connectivity index is 1.58. The summed E-state index contributed by atoms with van der Waals surface area (Å²) in [4.78, 5) is 28.0. The van der Waals surface area contributed by atoms with Crippen LogP contribution < -0.4 is 5.32 Å². The molecule has 5 nitrogen and oxygen atoms in total. The lowest BCUT2D eigenvalue weighted by atomic mass is 10.1. The van der Waals surface area contributed by atoms with Crippen molar-refractivity contribution in [3.63, 3.8) is 0 Å². The first kappa shape index (κ1) is 19.6. The molecule has 3 rings (SSSR count). The highest BCUT2D eigenvalue weighted by atomic mass is 35.5. The molecule has 0 aliphatic carbocycles. The average molecular weight is 409 g/mol. The molecule has 9 heteroatoms. The molecule has 1 heterocycles. The SMILES string of the molecule is O=C(COC(=O)c1ccc2nc(Cl)ccc2c1)Nc1ccc(C(F)(F)F)cc1. The number of hydrogen-bond acceptors (Lipinski definition) is 4. The number of amides is 1. The van der Waals surface area contributed by atoms with Gasteiger partial charge in [0, 0.05) is 11.1 Å². The van der Waals surface area contributed by atoms with Crippen LogP contribution in [-0.4, -0.2) is 23.5 Å². The van der Waals surface area contributed by atoms with E-state index in [1.165, 1.54) is 6.07 Å². The number of rotatable bonds is 4. The average Bonchev–Trinajstić information content (AvgIpc) is 2.65. The van der Waals surface area contributed by atoms with Crippen molar-refractivity contribution in [2.45, 2.75) is 6.18 Å². The second-order valence-corrected chi connectivity index (χ2v) is 6.13. The van der Waals surface area contributed by atoms with Gasteiger partial charge in [-0.2, -0.15) is 13.2 Å². The predicted octanol–water partition coefficient (Wildman–Crippen LogP) is 4.70. The number of hydrogen-bond donors (Lipinski definition) is 1. The summed E-state index contributed by atoms with van der Waals surface area (Å²) >= 11 is 5.80. The molecule has 1 aromatic heterocycles. The summed E-state index contributed by atoms with van der Waals surface area (Å²) in [5, 5.41) is 3.35. The number of fused-ring (bicyclic) bond motifs is 1. The lowest BCUT2D eigenvalue weighted by Crippen LogP contribution is -2.21. The monoisotopic (exact) mass is 408 g/mol. The molecule has 0 fully saturated rings. The van der Waals surface area contributed by atoms with E-state index in [2.05, 4.69) is 10.3 Å². The zero-order valence-corrected chi connectivity index (χ0v) is 14.8. The number of anilines is 1. The number of nitrogens with one attached hydrogen (secondary N) is 1. The topological polar surface area (TPSA) is 68.3 Å². The summed E-state index contributed by atoms with van der Waals surface area (Å²) < 4.78 is 42.5. The highest BCUT2D eigenvalue weighted by Gasteiger charge is 2.30. The van der Waals surface area contributed by atoms with Crippen LogP contribution in [0, 0.1) is 0 Å². The van der Waals surface area contributed by atoms with E-state index in [0.29, 0.717) is 16.1 Å². The minimum absolute atomic E-state index is 0.155. The zero-order chi connectivity index (χ0) is 20.3. The maximum absolute atomic E-state index is 12.5. The number of esters is 1. The van der Waals surface area contributed by atoms with E-state index in [1.54, 1.807) is 24.3 Å². The van der Waals surface area contributed by atoms with Crippen LogP contribution in [0.4, 0.5) is 18.9 Å². The fraction of sp³-hybridized carbons (Fsp3) is 0.105. The Morgan fingerprint density at radius 1 is 1.04 bits per heavy atom. The van der Waals surface area contributed by atoms with E-state index in [9.17, 15) is 22.8 Å². The molecule has 2 aromatic carbocycles. The summed E-state index contributed by atoms with van der Waals surface area (Å²) in [5.41, 5.74) is 0.148. The minimum atomic E-state index is -4.46. The molecule has 0 aliphatic rings. The molecule has 0 bridgehead atoms. The number of halogens is 4. The third kappa shape index (κ3) is 4.77. The second-order valence-electron chi connectivity index (χ2n) is 5.74. The molecule has 3 aromatic rings. The summed E-state index contributed by atoms with van der Waals surface area (Å²) in [6.45, 7) is -0.587. The molecule has 1 N–H and O–H groups in total. The Kier molecular flexibility index (Phi) is 5.51. The number of carbonyl (C=O) groups excluding carboxylic acids is 2. The third-order valence-corrected chi connectivity index (χ3v) is 3.93. The molecule has 0 saturated heterocycles. The van der Waals surface area contributed by atoms with Gasteiger partial charge in [-0.1, -0.05) is 11.6 Å². The first-order valence-electron chi connectivity index (χ1n) is 7.93. The van der Waals surface area contributed by atoms with Crippen molar-refractivity contribution in [3.8, 4) is 0 Å². The van der Waals surface area contributed by atoms with Crippen LogP contribution in [0.25, 0.3) is 10.9 Å². The fourth-order valence-electron chi connectivity index (χ4n) is 2.38. The van der Waals surface area contributed by atoms with Gasteiger partial charge in [0.15, 0.2) is 6.61 Å². The summed E-state index contributed by atoms with van der Waals surface area (Å²) in [6.07, 6.45) is -4.46. The van der Waals surface area contributed by atoms with Gasteiger partial charge in [0.1, 0.15) is 5.15 Å². The Morgan fingerprint density at radius 3 is 2.43 bits per heavy atom. The molecule has 0 spiro atoms. The quantitative estimate of drug-likeness (QED) is 0.502. The number of pyridine rings is 1. The molecule has 0 aliphatic heterocycles. The number of alkyl halides is 3. The van der Waals surface area contributed by atoms with Gasteiger partial charge >= 0.3 is 12.1 Å². The standard InChI is InChI=1S/C19H12ClF3N2O3/c20-16-8-2-11-9-12(1-7-15(11)25-16)18(27)28-10-17(26)24-14-5-3-13(4-6-14)19(21,22)23/h1-9H,10H2,(H,24,26). The zero-order valence-electron chi connectivity index (χ0n) is 14.1. The minimum Gasteiger partial charge on any atom is -0.452 e. The molecular weight excluding hydrogens is 397 g/mol. The Morgan fingerprint density at radius 2 is 1.75 bits per heavy atom. The highest BCUT2D eigenvalue weighted by Crippen LogP contribution is 2.29. The first-order chi connectivity index (χ1) is 13.2. The maximum Gasteiger partial charge on any atom is 0.416 e. The van der Waals surface area contributed by atoms with E-state index in [-0.39, 0.29) is 11.3 Å². The first-order valence-corrected chi connectivity index (χ1v) is 8.31. The molecular formula is C19H12ClF3N2O3. The van der Waals surface area contributed by atoms with Crippen LogP contribution in [0.3, 0.4) is 0 Å². The van der Waals surface area contributed by atoms with Gasteiger partial charge in [0.05, 0.1) is 16.6 Å². The van der Waals surface area contributed by atoms with Crippen molar-refractivity contribution in [2.75, 3.05) is 11.9 Å². The van der Waals surface area contributed by atoms with Crippen LogP contribution >= 0.6 is 11.6 Å². The predicted molar refractivity (Wildman–Crippen MR) is 97.1 cm³/mol. The van der Waals surface area contributed by atoms with Gasteiger partial charge in [-0.25, -0.2) is 9.78 Å². The van der Waals surface area contributed by atoms with E-state index in [0.717, 1.165) is 24.3 Å². The van der Waals surface area contributed by atoms with E-state index in [1.807, 2.05) is 0 Å². The Hall–Kier alpha value is -3.13. The Labute approximate surface area is 162 Å². The van der Waals surface area contributed by atoms with E-state index in [4.69, 9.17) is 16.3 Å². The van der Waals surface area contributed by atoms with Gasteiger partial charge in [-0.3, -0.25) is 4.79 Å². The smallest absolute Gasteiger partial charge is 0.416 e. The van der Waals surface area contributed by atoms with Crippen molar-refractivity contribution < 1.29 is 27.5 Å². The fourth-order valence-corrected chi connectivity index (χ4v) is 2.54. The van der Waals surface area contributed by atoms with E-state index >= 15 is 0 Å². The maximum atomic E-state index is 12.5. The number of nitrogens with zero attached hydrogens (tertiary/aromatic N) is 1. The van der Waals surface area contributed by atoms with Gasteiger partial charge in [-0.15, -0.1) is 0 Å². The molecule has 28 heavy (non-hydrogen) atoms. The van der Waals surface area contributed by atoms with Crippen LogP contribution in [0.5, 0.6) is 0 Å². The van der Waals surface area contributed by atoms with Crippen molar-refractivity contribution in [1.29, 1.82) is 0 Å². The van der Waals surface area contributed by atoms with Crippen LogP contribution in [0.2, 0.25) is 5.15 Å². The summed E-state index contributed by atoms with van der Waals surface area (Å²) in [6, 6.07) is 11.8. The second kappa shape index (κ2) is 7.85. The summed E-state index contributed by atoms with van der Waals surface area (Å²) in [5.74, 6) is -1.40. The number of carbonyl (C=O) groups is 2. The number of benzene rings is 2. The van der Waals surface area contributed by atoms with Gasteiger partial charge in [-0.05, 0) is 54.6 Å². The number of ether oxygens (including phenoxy) is 1. The van der Waals surface area contributed by atoms with Crippen molar-refractivity contribution >= 4 is 40.1 Å². The lowest BCUT2D eigenvalue weighted by molar-refractivity contribution is -0.137. The van der Waals surface area contributed by atoms with Crippen LogP contribution in [0.15, 0.2) is 54.6 Å². The van der Waals surface area contributed by atoms with Gasteiger partial charge < -0.3 is 10.1 Å². The van der Waals surface area contributed by atoms with Crippen molar-refractivity contribution in [3.05, 3.63) is 70.9 Å². The summed E-state index contributed by atoms with van der Waals surface area (Å²) in [7, 11) is 0. The third-order valence-electron chi connectivity index (χ3n) is 3.72. The van der Waals surface area contributed by atoms with Gasteiger partial charge in [0.2, 0.25) is 0 Å². The highest BCUT2D eigenvalue weighted by molar-refractivity contribution is 6.29. The molecule has 1 amide bonds. The lowest BCUT2D eigenvalue weighted by Gasteiger charge is -2.09. The van der Waals surface area contributed by atoms with Crippen molar-refractivity contribution in [2.24, 2.45) is 0 Å². The van der Waals surface area contributed by atoms with Crippen LogP contribution in [-0.2, 0) is 15.7 Å². The Bertz CT molecular complexity index is 1040. The molecule has 0 saturated carbocycles. The molecule has 144 valence electrons. The molecule has 0 atom stereocenters. The van der Waals surface area contributed by atoms with Gasteiger partial charge in [0.25, 0.3) is 5.91 Å². The largest absolute Gasteiger partial charge is 0.452 e. The number of aromatic nitrogens is 1. The van der Waals surface area contributed by atoms with E-state index < -0.39 is 30.2 Å². The normalized spacial score (nSPS) is 11.3. The molecule has 0 radical (unpaired) electrons. The van der Waals surface area contributed by atoms with Crippen molar-refractivity contribution in [1.82, 2.24) is 4.98 Å². The molecule has 0 unspecified atom stereocenters.